The van der Waals surface area contributed by atoms with Crippen molar-refractivity contribution in [2.45, 2.75) is 152 Å². The molecule has 0 radical (unpaired) electrons. The maximum Gasteiger partial charge on any atom is 0.338 e. The monoisotopic (exact) mass is 774 g/mol. The molecule has 0 unspecified atom stereocenters. The number of benzene rings is 1. The summed E-state index contributed by atoms with van der Waals surface area (Å²) in [4.78, 5) is 39.5. The fourth-order valence-corrected chi connectivity index (χ4v) is 14.7. The van der Waals surface area contributed by atoms with Crippen LogP contribution >= 0.6 is 0 Å². The van der Waals surface area contributed by atoms with Gasteiger partial charge in [0.1, 0.15) is 0 Å². The van der Waals surface area contributed by atoms with Gasteiger partial charge in [-0.25, -0.2) is 4.79 Å². The molecule has 1 aromatic rings. The zero-order chi connectivity index (χ0) is 40.2. The van der Waals surface area contributed by atoms with E-state index in [4.69, 9.17) is 9.47 Å². The molecule has 1 aromatic carbocycles. The molecule has 4 saturated carbocycles. The zero-order valence-electron chi connectivity index (χ0n) is 36.5. The molecule has 1 N–H and O–H groups in total. The lowest BCUT2D eigenvalue weighted by Gasteiger charge is -2.72. The number of fused-ring (bicyclic) bond motifs is 7. The van der Waals surface area contributed by atoms with Gasteiger partial charge in [0.25, 0.3) is 0 Å². The third kappa shape index (κ3) is 7.33. The molecule has 5 aliphatic rings. The minimum Gasteiger partial charge on any atom is -0.466 e. The number of esters is 2. The van der Waals surface area contributed by atoms with Crippen molar-refractivity contribution < 1.29 is 23.9 Å². The second-order valence-corrected chi connectivity index (χ2v) is 27.2. The number of amides is 1. The van der Waals surface area contributed by atoms with E-state index in [-0.39, 0.29) is 51.3 Å². The van der Waals surface area contributed by atoms with Crippen molar-refractivity contribution in [3.8, 4) is 0 Å². The highest BCUT2D eigenvalue weighted by Gasteiger charge is 2.71. The van der Waals surface area contributed by atoms with Crippen LogP contribution in [0.15, 0.2) is 30.3 Å². The van der Waals surface area contributed by atoms with Crippen molar-refractivity contribution >= 4 is 31.5 Å². The Morgan fingerprint density at radius 2 is 1.55 bits per heavy atom. The van der Waals surface area contributed by atoms with Crippen LogP contribution in [-0.4, -0.2) is 45.7 Å². The number of nitrogens with one attached hydrogen (secondary N) is 1. The Hall–Kier alpha value is -2.41. The van der Waals surface area contributed by atoms with Gasteiger partial charge in [0.15, 0.2) is 0 Å². The summed E-state index contributed by atoms with van der Waals surface area (Å²) in [6, 6.07) is 9.22. The van der Waals surface area contributed by atoms with Gasteiger partial charge in [-0.15, -0.1) is 0 Å². The van der Waals surface area contributed by atoms with Crippen LogP contribution in [0.5, 0.6) is 0 Å². The molecule has 0 bridgehead atoms. The highest BCUT2D eigenvalue weighted by atomic mass is 28.3. The van der Waals surface area contributed by atoms with Crippen molar-refractivity contribution in [1.82, 2.24) is 5.32 Å². The Morgan fingerprint density at radius 1 is 0.836 bits per heavy atom. The van der Waals surface area contributed by atoms with E-state index >= 15 is 0 Å². The van der Waals surface area contributed by atoms with Gasteiger partial charge in [-0.05, 0) is 151 Å². The van der Waals surface area contributed by atoms with Crippen LogP contribution in [0.25, 0.3) is 5.57 Å². The predicted molar refractivity (Wildman–Crippen MR) is 226 cm³/mol. The standard InChI is InChI=1S/C48H75NO5Si/c1-12-29-53-40(50)22-28-49-43(52)48-25-19-35(32(2)3)41(48)37-17-18-39-45(6)23-20-36(33-13-15-34(16-14-33)42(51)54-30-31-55(9,10)11)44(4,5)38(45)21-24-47(39,8)46(37,7)26-27-48/h13-16,20,32,35,37-39,41H,12,17-19,21-31H2,1-11H3,(H,49,52)/t35-,37+,38-,39+,41+,45-,46+,47+,48-/m0/s1. The average Bonchev–Trinajstić information content (AvgIpc) is 3.52. The third-order valence-electron chi connectivity index (χ3n) is 17.0. The summed E-state index contributed by atoms with van der Waals surface area (Å²) in [7, 11) is -1.26. The number of hydrogen-bond acceptors (Lipinski definition) is 5. The topological polar surface area (TPSA) is 81.7 Å². The first-order chi connectivity index (χ1) is 25.7. The van der Waals surface area contributed by atoms with E-state index in [1.807, 2.05) is 19.1 Å². The molecule has 1 amide bonds. The lowest BCUT2D eigenvalue weighted by Crippen LogP contribution is -2.66. The van der Waals surface area contributed by atoms with E-state index in [2.05, 4.69) is 91.6 Å². The number of hydrogen-bond donors (Lipinski definition) is 1. The van der Waals surface area contributed by atoms with E-state index < -0.39 is 8.07 Å². The maximum absolute atomic E-state index is 14.4. The van der Waals surface area contributed by atoms with Crippen molar-refractivity contribution in [2.75, 3.05) is 19.8 Å². The van der Waals surface area contributed by atoms with Crippen molar-refractivity contribution in [3.63, 3.8) is 0 Å². The summed E-state index contributed by atoms with van der Waals surface area (Å²) in [5.74, 6) is 2.97. The molecular weight excluding hydrogens is 699 g/mol. The predicted octanol–water partition coefficient (Wildman–Crippen LogP) is 11.4. The van der Waals surface area contributed by atoms with Crippen molar-refractivity contribution in [3.05, 3.63) is 41.5 Å². The molecule has 0 heterocycles. The molecular formula is C48H75NO5Si. The summed E-state index contributed by atoms with van der Waals surface area (Å²) in [5, 5.41) is 3.28. The first-order valence-corrected chi connectivity index (χ1v) is 25.9. The van der Waals surface area contributed by atoms with E-state index in [0.717, 1.165) is 44.6 Å². The summed E-state index contributed by atoms with van der Waals surface area (Å²) in [6.07, 6.45) is 13.8. The van der Waals surface area contributed by atoms with Crippen LogP contribution in [0.2, 0.25) is 25.7 Å². The van der Waals surface area contributed by atoms with Crippen molar-refractivity contribution in [2.24, 2.45) is 62.6 Å². The molecule has 0 aromatic heterocycles. The smallest absolute Gasteiger partial charge is 0.338 e. The summed E-state index contributed by atoms with van der Waals surface area (Å²) in [6.45, 7) is 27.9. The zero-order valence-corrected chi connectivity index (χ0v) is 37.5. The average molecular weight is 774 g/mol. The number of carbonyl (C=O) groups excluding carboxylic acids is 3. The molecule has 0 saturated heterocycles. The van der Waals surface area contributed by atoms with Crippen LogP contribution in [0.1, 0.15) is 142 Å². The fourth-order valence-electron chi connectivity index (χ4n) is 13.9. The second-order valence-electron chi connectivity index (χ2n) is 21.6. The second kappa shape index (κ2) is 15.4. The Labute approximate surface area is 335 Å². The van der Waals surface area contributed by atoms with Gasteiger partial charge in [0.2, 0.25) is 5.91 Å². The molecule has 0 aliphatic heterocycles. The minimum atomic E-state index is -1.26. The normalized spacial score (nSPS) is 36.4. The van der Waals surface area contributed by atoms with E-state index in [1.54, 1.807) is 0 Å². The van der Waals surface area contributed by atoms with Gasteiger partial charge in [0.05, 0.1) is 30.6 Å². The van der Waals surface area contributed by atoms with Gasteiger partial charge < -0.3 is 14.8 Å². The highest BCUT2D eigenvalue weighted by Crippen LogP contribution is 2.77. The molecule has 4 fully saturated rings. The molecule has 0 spiro atoms. The Morgan fingerprint density at radius 3 is 2.20 bits per heavy atom. The van der Waals surface area contributed by atoms with Gasteiger partial charge >= 0.3 is 11.9 Å². The number of ether oxygens (including phenoxy) is 2. The van der Waals surface area contributed by atoms with Crippen LogP contribution in [0, 0.1) is 62.6 Å². The first-order valence-electron chi connectivity index (χ1n) is 22.2. The molecule has 6 rings (SSSR count). The summed E-state index contributed by atoms with van der Waals surface area (Å²) in [5.41, 5.74) is 3.54. The first kappa shape index (κ1) is 42.2. The Balaban J connectivity index is 1.22. The third-order valence-corrected chi connectivity index (χ3v) is 18.7. The van der Waals surface area contributed by atoms with E-state index in [0.29, 0.717) is 60.8 Å². The van der Waals surface area contributed by atoms with Gasteiger partial charge in [-0.1, -0.05) is 93.2 Å². The van der Waals surface area contributed by atoms with Crippen LogP contribution in [0.4, 0.5) is 0 Å². The van der Waals surface area contributed by atoms with E-state index in [9.17, 15) is 14.4 Å². The maximum atomic E-state index is 14.4. The summed E-state index contributed by atoms with van der Waals surface area (Å²) < 4.78 is 11.0. The molecule has 5 aliphatic carbocycles. The number of allylic oxidation sites excluding steroid dienone is 2. The van der Waals surface area contributed by atoms with Gasteiger partial charge in [-0.2, -0.15) is 0 Å². The van der Waals surface area contributed by atoms with Crippen molar-refractivity contribution in [1.29, 1.82) is 0 Å². The van der Waals surface area contributed by atoms with E-state index in [1.165, 1.54) is 36.8 Å². The lowest BCUT2D eigenvalue weighted by atomic mass is 9.32. The van der Waals surface area contributed by atoms with Gasteiger partial charge in [0, 0.05) is 14.6 Å². The molecule has 55 heavy (non-hydrogen) atoms. The molecule has 306 valence electrons. The lowest BCUT2D eigenvalue weighted by molar-refractivity contribution is -0.227. The molecule has 7 heteroatoms. The highest BCUT2D eigenvalue weighted by molar-refractivity contribution is 6.76. The minimum absolute atomic E-state index is 0.00239. The van der Waals surface area contributed by atoms with Gasteiger partial charge in [-0.3, -0.25) is 9.59 Å². The van der Waals surface area contributed by atoms with Crippen LogP contribution in [0.3, 0.4) is 0 Å². The molecule has 6 nitrogen and oxygen atoms in total. The quantitative estimate of drug-likeness (QED) is 0.169. The summed E-state index contributed by atoms with van der Waals surface area (Å²) >= 11 is 0. The van der Waals surface area contributed by atoms with Crippen LogP contribution < -0.4 is 5.32 Å². The molecule has 9 atom stereocenters. The number of rotatable bonds is 12. The number of carbonyl (C=O) groups is 3. The Kier molecular flexibility index (Phi) is 11.8. The largest absolute Gasteiger partial charge is 0.466 e. The Bertz CT molecular complexity index is 1620. The van der Waals surface area contributed by atoms with Crippen LogP contribution in [-0.2, 0) is 19.1 Å². The fraction of sp³-hybridized carbons (Fsp3) is 0.771. The SMILES string of the molecule is CCCOC(=O)CCNC(=O)[C@]12CC[C@@H](C(C)C)[C@@H]1[C@H]1CC[C@@H]3[C@@]4(C)CC=C(c5ccc(C(=O)OCC[Si](C)(C)C)cc5)C(C)(C)[C@@H]4CC[C@@]3(C)[C@]1(C)CC2.